The predicted molar refractivity (Wildman–Crippen MR) is 106 cm³/mol. The molecule has 5 nitrogen and oxygen atoms in total. The summed E-state index contributed by atoms with van der Waals surface area (Å²) in [5.41, 5.74) is 7.57. The highest BCUT2D eigenvalue weighted by molar-refractivity contribution is 5.90. The number of aromatic hydroxyl groups is 1. The van der Waals surface area contributed by atoms with E-state index in [9.17, 15) is 9.90 Å². The third-order valence-electron chi connectivity index (χ3n) is 5.29. The molecule has 0 aliphatic carbocycles. The lowest BCUT2D eigenvalue weighted by molar-refractivity contribution is -0.124. The van der Waals surface area contributed by atoms with Crippen molar-refractivity contribution in [3.05, 3.63) is 48.0 Å². The zero-order valence-electron chi connectivity index (χ0n) is 15.9. The number of hydrogen-bond donors (Lipinski definition) is 2. The van der Waals surface area contributed by atoms with Gasteiger partial charge in [-0.3, -0.25) is 4.79 Å². The Bertz CT molecular complexity index is 976. The molecule has 0 bridgehead atoms. The van der Waals surface area contributed by atoms with Gasteiger partial charge in [0.05, 0.1) is 12.5 Å². The summed E-state index contributed by atoms with van der Waals surface area (Å²) in [5, 5.41) is 10.7. The smallest absolute Gasteiger partial charge is 0.228 e. The molecule has 0 spiro atoms. The Morgan fingerprint density at radius 2 is 1.96 bits per heavy atom. The van der Waals surface area contributed by atoms with Gasteiger partial charge in [0.2, 0.25) is 5.91 Å². The monoisotopic (exact) mass is 367 g/mol. The lowest BCUT2D eigenvalue weighted by atomic mass is 9.74. The van der Waals surface area contributed by atoms with Gasteiger partial charge in [-0.1, -0.05) is 26.3 Å². The van der Waals surface area contributed by atoms with Crippen LogP contribution in [0.5, 0.6) is 11.5 Å². The Balaban J connectivity index is 2.08. The molecule has 5 heteroatoms. The van der Waals surface area contributed by atoms with Crippen molar-refractivity contribution in [3.63, 3.8) is 0 Å². The number of primary amides is 1. The summed E-state index contributed by atoms with van der Waals surface area (Å²) in [7, 11) is 1.51. The number of phenols is 1. The van der Waals surface area contributed by atoms with Gasteiger partial charge in [-0.15, -0.1) is 0 Å². The molecule has 142 valence electrons. The highest BCUT2D eigenvalue weighted by Gasteiger charge is 2.36. The number of nitrogens with two attached hydrogens (primary N) is 1. The van der Waals surface area contributed by atoms with Crippen molar-refractivity contribution < 1.29 is 19.1 Å². The second-order valence-electron chi connectivity index (χ2n) is 6.80. The maximum atomic E-state index is 12.3. The normalized spacial score (nSPS) is 13.4. The van der Waals surface area contributed by atoms with E-state index in [-0.39, 0.29) is 11.7 Å². The Hall–Kier alpha value is -2.95. The Kier molecular flexibility index (Phi) is 5.13. The van der Waals surface area contributed by atoms with Crippen LogP contribution < -0.4 is 10.5 Å². The molecule has 0 fully saturated rings. The summed E-state index contributed by atoms with van der Waals surface area (Å²) >= 11 is 0. The highest BCUT2D eigenvalue weighted by atomic mass is 16.5. The fourth-order valence-corrected chi connectivity index (χ4v) is 3.71. The van der Waals surface area contributed by atoms with Crippen molar-refractivity contribution >= 4 is 16.9 Å². The number of fused-ring (bicyclic) bond motifs is 1. The fourth-order valence-electron chi connectivity index (χ4n) is 3.71. The average molecular weight is 367 g/mol. The number of carbonyl (C=O) groups is 1. The van der Waals surface area contributed by atoms with Crippen LogP contribution in [0.3, 0.4) is 0 Å². The highest BCUT2D eigenvalue weighted by Crippen LogP contribution is 2.38. The van der Waals surface area contributed by atoms with Gasteiger partial charge in [-0.2, -0.15) is 0 Å². The molecule has 0 saturated heterocycles. The molecule has 2 aromatic carbocycles. The molecule has 1 amide bonds. The topological polar surface area (TPSA) is 85.7 Å². The first-order valence-corrected chi connectivity index (χ1v) is 9.16. The maximum Gasteiger partial charge on any atom is 0.228 e. The number of hydrogen-bond acceptors (Lipinski definition) is 4. The van der Waals surface area contributed by atoms with Crippen molar-refractivity contribution in [2.45, 2.75) is 38.5 Å². The molecule has 27 heavy (non-hydrogen) atoms. The molecule has 0 saturated carbocycles. The van der Waals surface area contributed by atoms with E-state index >= 15 is 0 Å². The Morgan fingerprint density at radius 3 is 2.59 bits per heavy atom. The molecule has 0 radical (unpaired) electrons. The van der Waals surface area contributed by atoms with Gasteiger partial charge < -0.3 is 20.0 Å². The first-order chi connectivity index (χ1) is 12.9. The minimum absolute atomic E-state index is 0.0772. The predicted octanol–water partition coefficient (Wildman–Crippen LogP) is 4.75. The molecule has 1 unspecified atom stereocenters. The van der Waals surface area contributed by atoms with Crippen molar-refractivity contribution in [3.8, 4) is 22.8 Å². The summed E-state index contributed by atoms with van der Waals surface area (Å²) in [5.74, 6) is 0.832. The summed E-state index contributed by atoms with van der Waals surface area (Å²) in [6.45, 7) is 4.05. The second kappa shape index (κ2) is 7.35. The van der Waals surface area contributed by atoms with Crippen LogP contribution in [-0.2, 0) is 10.2 Å². The van der Waals surface area contributed by atoms with Gasteiger partial charge >= 0.3 is 0 Å². The summed E-state index contributed by atoms with van der Waals surface area (Å²) in [6.07, 6.45) is 2.24. The first-order valence-electron chi connectivity index (χ1n) is 9.16. The van der Waals surface area contributed by atoms with Crippen LogP contribution in [0.4, 0.5) is 0 Å². The quantitative estimate of drug-likeness (QED) is 0.631. The van der Waals surface area contributed by atoms with Gasteiger partial charge in [0.15, 0.2) is 11.5 Å². The molecular formula is C22H25NO4. The van der Waals surface area contributed by atoms with E-state index < -0.39 is 5.41 Å². The number of carbonyl (C=O) groups excluding carboxylic acids is 1. The van der Waals surface area contributed by atoms with Gasteiger partial charge in [0.1, 0.15) is 11.3 Å². The van der Waals surface area contributed by atoms with Crippen LogP contribution in [0.25, 0.3) is 22.3 Å². The second-order valence-corrected chi connectivity index (χ2v) is 6.80. The minimum atomic E-state index is -0.665. The molecular weight excluding hydrogens is 342 g/mol. The number of amides is 1. The van der Waals surface area contributed by atoms with Gasteiger partial charge in [-0.25, -0.2) is 0 Å². The Morgan fingerprint density at radius 1 is 1.19 bits per heavy atom. The molecule has 1 aromatic heterocycles. The zero-order valence-corrected chi connectivity index (χ0v) is 15.9. The van der Waals surface area contributed by atoms with E-state index in [1.54, 1.807) is 18.2 Å². The minimum Gasteiger partial charge on any atom is -0.504 e. The molecule has 3 aromatic rings. The number of phenolic OH excluding ortho intramolecular Hbond substituents is 1. The summed E-state index contributed by atoms with van der Waals surface area (Å²) in [6, 6.07) is 12.8. The van der Waals surface area contributed by atoms with Crippen LogP contribution >= 0.6 is 0 Å². The fraction of sp³-hybridized carbons (Fsp3) is 0.318. The van der Waals surface area contributed by atoms with Crippen LogP contribution in [0.2, 0.25) is 0 Å². The number of furan rings is 1. The number of methoxy groups -OCH3 is 1. The standard InChI is InChI=1S/C22H25NO4/c1-4-10-22(5-2,21(23)25)16-7-9-18-15(11-16)13-19(27-18)14-6-8-17(24)20(12-14)26-3/h6-9,11-13,24H,4-5,10H2,1-3H3,(H2,23,25). The van der Waals surface area contributed by atoms with E-state index in [1.165, 1.54) is 7.11 Å². The third kappa shape index (κ3) is 3.25. The molecule has 0 aliphatic rings. The van der Waals surface area contributed by atoms with Gasteiger partial charge in [0.25, 0.3) is 0 Å². The van der Waals surface area contributed by atoms with E-state index in [0.717, 1.165) is 28.5 Å². The molecule has 3 rings (SSSR count). The van der Waals surface area contributed by atoms with Gasteiger partial charge in [0, 0.05) is 10.9 Å². The average Bonchev–Trinajstić information content (AvgIpc) is 3.09. The number of benzene rings is 2. The summed E-state index contributed by atoms with van der Waals surface area (Å²) < 4.78 is 11.1. The van der Waals surface area contributed by atoms with Crippen molar-refractivity contribution in [2.24, 2.45) is 5.73 Å². The largest absolute Gasteiger partial charge is 0.504 e. The van der Waals surface area contributed by atoms with Crippen molar-refractivity contribution in [2.75, 3.05) is 7.11 Å². The van der Waals surface area contributed by atoms with E-state index in [0.29, 0.717) is 24.4 Å². The number of rotatable bonds is 7. The molecule has 1 atom stereocenters. The maximum absolute atomic E-state index is 12.3. The zero-order chi connectivity index (χ0) is 19.6. The van der Waals surface area contributed by atoms with Crippen LogP contribution in [0.15, 0.2) is 46.9 Å². The lowest BCUT2D eigenvalue weighted by Gasteiger charge is -2.29. The van der Waals surface area contributed by atoms with Gasteiger partial charge in [-0.05, 0) is 54.8 Å². The van der Waals surface area contributed by atoms with Crippen LogP contribution in [0.1, 0.15) is 38.7 Å². The van der Waals surface area contributed by atoms with Crippen molar-refractivity contribution in [1.29, 1.82) is 0 Å². The molecule has 3 N–H and O–H groups in total. The van der Waals surface area contributed by atoms with Crippen molar-refractivity contribution in [1.82, 2.24) is 0 Å². The SMILES string of the molecule is CCCC(CC)(C(N)=O)c1ccc2oc(-c3ccc(O)c(OC)c3)cc2c1. The molecule has 1 heterocycles. The van der Waals surface area contributed by atoms with E-state index in [1.807, 2.05) is 31.2 Å². The van der Waals surface area contributed by atoms with E-state index in [2.05, 4.69) is 6.92 Å². The summed E-state index contributed by atoms with van der Waals surface area (Å²) in [4.78, 5) is 12.3. The van der Waals surface area contributed by atoms with Crippen LogP contribution in [-0.4, -0.2) is 18.1 Å². The van der Waals surface area contributed by atoms with E-state index in [4.69, 9.17) is 14.9 Å². The number of ether oxygens (including phenoxy) is 1. The Labute approximate surface area is 158 Å². The third-order valence-corrected chi connectivity index (χ3v) is 5.29. The molecule has 0 aliphatic heterocycles. The van der Waals surface area contributed by atoms with Crippen LogP contribution in [0, 0.1) is 0 Å². The first kappa shape index (κ1) is 18.8. The lowest BCUT2D eigenvalue weighted by Crippen LogP contribution is -2.40.